The minimum atomic E-state index is -0.677. The molecular formula is C19H16FNO6. The van der Waals surface area contributed by atoms with Crippen LogP contribution in [0.3, 0.4) is 0 Å². The molecule has 0 bridgehead atoms. The van der Waals surface area contributed by atoms with Crippen LogP contribution in [0.5, 0.6) is 5.75 Å². The summed E-state index contributed by atoms with van der Waals surface area (Å²) in [4.78, 5) is 23.2. The predicted molar refractivity (Wildman–Crippen MR) is 95.4 cm³/mol. The number of nitro groups is 1. The van der Waals surface area contributed by atoms with E-state index in [4.69, 9.17) is 13.9 Å². The zero-order valence-electron chi connectivity index (χ0n) is 14.7. The summed E-state index contributed by atoms with van der Waals surface area (Å²) in [5, 5.41) is 11.7. The molecule has 0 N–H and O–H groups in total. The largest absolute Gasteiger partial charge is 0.487 e. The number of ether oxygens (including phenoxy) is 2. The molecule has 0 saturated carbocycles. The number of fused-ring (bicyclic) bond motifs is 1. The number of nitrogens with zero attached hydrogens (tertiary/aromatic N) is 1. The van der Waals surface area contributed by atoms with E-state index in [2.05, 4.69) is 0 Å². The normalized spacial score (nSPS) is 10.8. The van der Waals surface area contributed by atoms with Crippen molar-refractivity contribution in [3.63, 3.8) is 0 Å². The minimum absolute atomic E-state index is 0.0333. The van der Waals surface area contributed by atoms with E-state index in [1.165, 1.54) is 43.5 Å². The van der Waals surface area contributed by atoms with Crippen molar-refractivity contribution in [2.75, 3.05) is 13.7 Å². The van der Waals surface area contributed by atoms with Crippen molar-refractivity contribution in [2.45, 2.75) is 13.3 Å². The smallest absolute Gasteiger partial charge is 0.342 e. The lowest BCUT2D eigenvalue weighted by atomic mass is 10.0. The number of halogens is 1. The molecule has 0 amide bonds. The number of carbonyl (C=O) groups is 1. The molecule has 0 aliphatic carbocycles. The van der Waals surface area contributed by atoms with Crippen LogP contribution in [-0.4, -0.2) is 24.6 Å². The van der Waals surface area contributed by atoms with Gasteiger partial charge < -0.3 is 13.9 Å². The van der Waals surface area contributed by atoms with Crippen molar-refractivity contribution >= 4 is 22.6 Å². The molecule has 8 heteroatoms. The molecule has 7 nitrogen and oxygen atoms in total. The molecule has 1 aromatic heterocycles. The van der Waals surface area contributed by atoms with Gasteiger partial charge in [-0.1, -0.05) is 6.92 Å². The third-order valence-corrected chi connectivity index (χ3v) is 3.92. The number of esters is 1. The zero-order valence-corrected chi connectivity index (χ0v) is 14.7. The van der Waals surface area contributed by atoms with Crippen LogP contribution in [0, 0.1) is 15.9 Å². The van der Waals surface area contributed by atoms with Gasteiger partial charge in [0.1, 0.15) is 22.7 Å². The standard InChI is InChI=1S/C19H16FNO6/c1-3-8-26-16-9-13-15(10-14(16)21(23)24)27-18(17(13)19(22)25-2)11-4-6-12(20)7-5-11/h4-7,9-10H,3,8H2,1-2H3. The van der Waals surface area contributed by atoms with E-state index in [1.807, 2.05) is 6.92 Å². The lowest BCUT2D eigenvalue weighted by Gasteiger charge is -2.06. The number of methoxy groups -OCH3 is 1. The summed E-state index contributed by atoms with van der Waals surface area (Å²) in [5.41, 5.74) is 0.388. The number of benzene rings is 2. The van der Waals surface area contributed by atoms with Crippen LogP contribution in [0.4, 0.5) is 10.1 Å². The highest BCUT2D eigenvalue weighted by Crippen LogP contribution is 2.40. The van der Waals surface area contributed by atoms with Gasteiger partial charge in [-0.15, -0.1) is 0 Å². The van der Waals surface area contributed by atoms with Crippen LogP contribution in [0.1, 0.15) is 23.7 Å². The molecule has 1 heterocycles. The van der Waals surface area contributed by atoms with E-state index in [9.17, 15) is 19.3 Å². The van der Waals surface area contributed by atoms with Gasteiger partial charge in [0, 0.05) is 10.9 Å². The van der Waals surface area contributed by atoms with Crippen LogP contribution < -0.4 is 4.74 Å². The number of hydrogen-bond acceptors (Lipinski definition) is 6. The Kier molecular flexibility index (Phi) is 5.07. The Balaban J connectivity index is 2.28. The molecule has 2 aromatic carbocycles. The van der Waals surface area contributed by atoms with Crippen molar-refractivity contribution < 1.29 is 28.0 Å². The molecule has 0 saturated heterocycles. The average molecular weight is 373 g/mol. The van der Waals surface area contributed by atoms with Crippen LogP contribution >= 0.6 is 0 Å². The zero-order chi connectivity index (χ0) is 19.6. The van der Waals surface area contributed by atoms with Gasteiger partial charge in [0.2, 0.25) is 0 Å². The highest BCUT2D eigenvalue weighted by Gasteiger charge is 2.27. The first-order valence-corrected chi connectivity index (χ1v) is 8.18. The van der Waals surface area contributed by atoms with Gasteiger partial charge in [-0.25, -0.2) is 9.18 Å². The summed E-state index contributed by atoms with van der Waals surface area (Å²) in [6, 6.07) is 7.94. The molecule has 0 fully saturated rings. The highest BCUT2D eigenvalue weighted by molar-refractivity contribution is 6.09. The van der Waals surface area contributed by atoms with Gasteiger partial charge in [-0.3, -0.25) is 10.1 Å². The number of carbonyl (C=O) groups excluding carboxylic acids is 1. The fourth-order valence-electron chi connectivity index (χ4n) is 2.69. The fourth-order valence-corrected chi connectivity index (χ4v) is 2.69. The number of furan rings is 1. The lowest BCUT2D eigenvalue weighted by molar-refractivity contribution is -0.385. The van der Waals surface area contributed by atoms with E-state index < -0.39 is 16.7 Å². The second-order valence-electron chi connectivity index (χ2n) is 5.73. The summed E-state index contributed by atoms with van der Waals surface area (Å²) in [5.74, 6) is -0.950. The molecule has 0 radical (unpaired) electrons. The maximum atomic E-state index is 13.2. The molecule has 0 spiro atoms. The van der Waals surface area contributed by atoms with Crippen molar-refractivity contribution in [3.8, 4) is 17.1 Å². The van der Waals surface area contributed by atoms with E-state index >= 15 is 0 Å². The summed E-state index contributed by atoms with van der Waals surface area (Å²) in [6.07, 6.45) is 0.658. The summed E-state index contributed by atoms with van der Waals surface area (Å²) < 4.78 is 29.3. The van der Waals surface area contributed by atoms with E-state index in [0.29, 0.717) is 17.4 Å². The van der Waals surface area contributed by atoms with Crippen molar-refractivity contribution in [2.24, 2.45) is 0 Å². The highest BCUT2D eigenvalue weighted by atomic mass is 19.1. The van der Waals surface area contributed by atoms with Gasteiger partial charge in [-0.2, -0.15) is 0 Å². The van der Waals surface area contributed by atoms with E-state index in [0.717, 1.165) is 0 Å². The number of rotatable bonds is 6. The summed E-state index contributed by atoms with van der Waals surface area (Å²) in [7, 11) is 1.22. The first-order valence-electron chi connectivity index (χ1n) is 8.18. The molecule has 0 aliphatic heterocycles. The average Bonchev–Trinajstić information content (AvgIpc) is 3.03. The molecule has 140 valence electrons. The first kappa shape index (κ1) is 18.4. The van der Waals surface area contributed by atoms with Crippen LogP contribution in [0.2, 0.25) is 0 Å². The van der Waals surface area contributed by atoms with Crippen molar-refractivity contribution in [3.05, 3.63) is 57.9 Å². The Labute approximate surface area is 153 Å². The monoisotopic (exact) mass is 373 g/mol. The van der Waals surface area contributed by atoms with Crippen molar-refractivity contribution in [1.82, 2.24) is 0 Å². The van der Waals surface area contributed by atoms with Gasteiger partial charge >= 0.3 is 11.7 Å². The maximum Gasteiger partial charge on any atom is 0.342 e. The Morgan fingerprint density at radius 1 is 1.26 bits per heavy atom. The van der Waals surface area contributed by atoms with Gasteiger partial charge in [0.25, 0.3) is 0 Å². The predicted octanol–water partition coefficient (Wildman–Crippen LogP) is 4.72. The van der Waals surface area contributed by atoms with Gasteiger partial charge in [-0.05, 0) is 36.8 Å². The Hall–Kier alpha value is -3.42. The molecule has 0 aliphatic rings. The number of hydrogen-bond donors (Lipinski definition) is 0. The summed E-state index contributed by atoms with van der Waals surface area (Å²) in [6.45, 7) is 2.15. The second kappa shape index (κ2) is 7.45. The second-order valence-corrected chi connectivity index (χ2v) is 5.73. The molecule has 0 atom stereocenters. The molecule has 27 heavy (non-hydrogen) atoms. The first-order chi connectivity index (χ1) is 13.0. The molecule has 3 aromatic rings. The molecular weight excluding hydrogens is 357 g/mol. The minimum Gasteiger partial charge on any atom is -0.487 e. The van der Waals surface area contributed by atoms with Crippen LogP contribution in [-0.2, 0) is 4.74 Å². The Morgan fingerprint density at radius 2 is 1.96 bits per heavy atom. The van der Waals surface area contributed by atoms with E-state index in [1.54, 1.807) is 0 Å². The van der Waals surface area contributed by atoms with Gasteiger partial charge in [0.05, 0.1) is 24.7 Å². The Morgan fingerprint density at radius 3 is 2.56 bits per heavy atom. The molecule has 3 rings (SSSR count). The third kappa shape index (κ3) is 3.46. The topological polar surface area (TPSA) is 91.8 Å². The quantitative estimate of drug-likeness (QED) is 0.353. The van der Waals surface area contributed by atoms with Crippen LogP contribution in [0.15, 0.2) is 40.8 Å². The SMILES string of the molecule is CCCOc1cc2c(C(=O)OC)c(-c3ccc(F)cc3)oc2cc1[N+](=O)[O-]. The molecule has 0 unspecified atom stereocenters. The van der Waals surface area contributed by atoms with Crippen LogP contribution in [0.25, 0.3) is 22.3 Å². The van der Waals surface area contributed by atoms with Crippen molar-refractivity contribution in [1.29, 1.82) is 0 Å². The third-order valence-electron chi connectivity index (χ3n) is 3.92. The maximum absolute atomic E-state index is 13.2. The van der Waals surface area contributed by atoms with Gasteiger partial charge in [0.15, 0.2) is 5.75 Å². The fraction of sp³-hybridized carbons (Fsp3) is 0.211. The number of nitro benzene ring substituents is 1. The summed E-state index contributed by atoms with van der Waals surface area (Å²) >= 11 is 0. The Bertz CT molecular complexity index is 1010. The lowest BCUT2D eigenvalue weighted by Crippen LogP contribution is -2.03. The van der Waals surface area contributed by atoms with E-state index in [-0.39, 0.29) is 35.0 Å².